The first-order chi connectivity index (χ1) is 21.7. The average Bonchev–Trinajstić information content (AvgIpc) is 3.37. The molecule has 1 saturated heterocycles. The molecule has 236 valence electrons. The molecule has 0 unspecified atom stereocenters. The molecule has 10 nitrogen and oxygen atoms in total. The maximum Gasteiger partial charge on any atom is 0.258 e. The Balaban J connectivity index is 1.34. The molecule has 45 heavy (non-hydrogen) atoms. The third kappa shape index (κ3) is 7.96. The van der Waals surface area contributed by atoms with Gasteiger partial charge < -0.3 is 30.7 Å². The number of anilines is 3. The van der Waals surface area contributed by atoms with Gasteiger partial charge in [0.15, 0.2) is 0 Å². The number of piperazine rings is 1. The molecular formula is C35H43N7O3. The predicted octanol–water partition coefficient (Wildman–Crippen LogP) is 3.51. The first kappa shape index (κ1) is 31.9. The summed E-state index contributed by atoms with van der Waals surface area (Å²) >= 11 is 0. The van der Waals surface area contributed by atoms with Crippen LogP contribution < -0.4 is 20.9 Å². The monoisotopic (exact) mass is 609 g/mol. The summed E-state index contributed by atoms with van der Waals surface area (Å²) in [5.41, 5.74) is 5.39. The molecule has 5 rings (SSSR count). The summed E-state index contributed by atoms with van der Waals surface area (Å²) in [7, 11) is 7.91. The molecule has 3 amide bonds. The minimum atomic E-state index is -0.245. The van der Waals surface area contributed by atoms with Crippen molar-refractivity contribution in [2.24, 2.45) is 0 Å². The second-order valence-electron chi connectivity index (χ2n) is 11.9. The Morgan fingerprint density at radius 3 is 2.29 bits per heavy atom. The lowest BCUT2D eigenvalue weighted by atomic mass is 9.99. The Kier molecular flexibility index (Phi) is 10.3. The van der Waals surface area contributed by atoms with E-state index < -0.39 is 0 Å². The molecule has 2 aliphatic rings. The molecule has 0 radical (unpaired) electrons. The van der Waals surface area contributed by atoms with E-state index in [9.17, 15) is 14.4 Å². The van der Waals surface area contributed by atoms with E-state index in [4.69, 9.17) is 0 Å². The van der Waals surface area contributed by atoms with Crippen molar-refractivity contribution in [3.8, 4) is 0 Å². The fourth-order valence-corrected chi connectivity index (χ4v) is 5.51. The van der Waals surface area contributed by atoms with Crippen LogP contribution in [0, 0.1) is 0 Å². The molecule has 2 aliphatic heterocycles. The zero-order valence-corrected chi connectivity index (χ0v) is 26.6. The Hall–Kier alpha value is -4.51. The molecule has 0 spiro atoms. The van der Waals surface area contributed by atoms with Crippen LogP contribution in [0.1, 0.15) is 27.9 Å². The maximum absolute atomic E-state index is 13.4. The standard InChI is InChI=1S/C35H43N7O3/c1-39(2)18-8-17-36-34(44)26-11-16-29-30(23-26)38-35(45)32(29)33(25-9-6-5-7-10-25)37-27-12-14-28(15-13-27)41(4)31(43)24-42-21-19-40(3)20-22-42/h5-7,9-16,23,37H,8,17-22,24H2,1-4H3,(H,36,44)(H,38,45). The first-order valence-electron chi connectivity index (χ1n) is 15.4. The second-order valence-corrected chi connectivity index (χ2v) is 11.9. The zero-order chi connectivity index (χ0) is 31.9. The highest BCUT2D eigenvalue weighted by Crippen LogP contribution is 2.38. The SMILES string of the molecule is CN(C)CCCNC(=O)c1ccc2c(c1)NC(=O)C2=C(Nc1ccc(N(C)C(=O)CN2CCN(C)CC2)cc1)c1ccccc1. The van der Waals surface area contributed by atoms with Crippen molar-refractivity contribution in [3.05, 3.63) is 89.5 Å². The first-order valence-corrected chi connectivity index (χ1v) is 15.4. The van der Waals surface area contributed by atoms with Gasteiger partial charge in [-0.1, -0.05) is 36.4 Å². The fourth-order valence-electron chi connectivity index (χ4n) is 5.51. The van der Waals surface area contributed by atoms with Gasteiger partial charge in [0.05, 0.1) is 17.8 Å². The number of nitrogens with zero attached hydrogens (tertiary/aromatic N) is 4. The average molecular weight is 610 g/mol. The van der Waals surface area contributed by atoms with Crippen LogP contribution in [0.25, 0.3) is 11.3 Å². The van der Waals surface area contributed by atoms with Gasteiger partial charge >= 0.3 is 0 Å². The molecule has 0 atom stereocenters. The third-order valence-electron chi connectivity index (χ3n) is 8.26. The van der Waals surface area contributed by atoms with Crippen LogP contribution in [0.4, 0.5) is 17.1 Å². The summed E-state index contributed by atoms with van der Waals surface area (Å²) in [4.78, 5) is 47.4. The lowest BCUT2D eigenvalue weighted by molar-refractivity contribution is -0.119. The van der Waals surface area contributed by atoms with Gasteiger partial charge in [0.25, 0.3) is 11.8 Å². The lowest BCUT2D eigenvalue weighted by Crippen LogP contribution is -2.48. The molecule has 3 aromatic rings. The lowest BCUT2D eigenvalue weighted by Gasteiger charge is -2.32. The van der Waals surface area contributed by atoms with Crippen LogP contribution in [-0.4, -0.2) is 106 Å². The van der Waals surface area contributed by atoms with E-state index in [1.165, 1.54) is 0 Å². The van der Waals surface area contributed by atoms with Crippen LogP contribution in [-0.2, 0) is 9.59 Å². The Morgan fingerprint density at radius 2 is 1.60 bits per heavy atom. The molecule has 10 heteroatoms. The number of benzene rings is 3. The Labute approximate surface area is 265 Å². The highest BCUT2D eigenvalue weighted by atomic mass is 16.2. The number of hydrogen-bond acceptors (Lipinski definition) is 7. The number of carbonyl (C=O) groups excluding carboxylic acids is 3. The van der Waals surface area contributed by atoms with Gasteiger partial charge in [0.1, 0.15) is 0 Å². The summed E-state index contributed by atoms with van der Waals surface area (Å²) in [6.07, 6.45) is 0.851. The molecule has 3 N–H and O–H groups in total. The zero-order valence-electron chi connectivity index (χ0n) is 26.6. The van der Waals surface area contributed by atoms with Gasteiger partial charge in [-0.15, -0.1) is 0 Å². The quantitative estimate of drug-likeness (QED) is 0.226. The fraction of sp³-hybridized carbons (Fsp3) is 0.343. The molecule has 0 aromatic heterocycles. The van der Waals surface area contributed by atoms with E-state index in [2.05, 4.69) is 37.7 Å². The third-order valence-corrected chi connectivity index (χ3v) is 8.26. The van der Waals surface area contributed by atoms with Crippen LogP contribution in [0.5, 0.6) is 0 Å². The predicted molar refractivity (Wildman–Crippen MR) is 181 cm³/mol. The van der Waals surface area contributed by atoms with Crippen molar-refractivity contribution in [1.29, 1.82) is 0 Å². The molecule has 2 heterocycles. The molecule has 3 aromatic carbocycles. The van der Waals surface area contributed by atoms with Gasteiger partial charge in [0.2, 0.25) is 5.91 Å². The highest BCUT2D eigenvalue weighted by Gasteiger charge is 2.29. The molecule has 0 saturated carbocycles. The Morgan fingerprint density at radius 1 is 0.889 bits per heavy atom. The summed E-state index contributed by atoms with van der Waals surface area (Å²) in [5.74, 6) is -0.365. The summed E-state index contributed by atoms with van der Waals surface area (Å²) in [6, 6.07) is 22.6. The van der Waals surface area contributed by atoms with E-state index in [0.29, 0.717) is 35.6 Å². The number of likely N-dealkylation sites (N-methyl/N-ethyl adjacent to an activating group) is 2. The number of fused-ring (bicyclic) bond motifs is 1. The number of nitrogens with one attached hydrogen (secondary N) is 3. The minimum absolute atomic E-state index is 0.0493. The van der Waals surface area contributed by atoms with E-state index in [0.717, 1.165) is 61.6 Å². The van der Waals surface area contributed by atoms with E-state index >= 15 is 0 Å². The highest BCUT2D eigenvalue weighted by molar-refractivity contribution is 6.37. The van der Waals surface area contributed by atoms with Crippen LogP contribution >= 0.6 is 0 Å². The summed E-state index contributed by atoms with van der Waals surface area (Å²) in [5, 5.41) is 9.39. The van der Waals surface area contributed by atoms with Gasteiger partial charge in [-0.2, -0.15) is 0 Å². The van der Waals surface area contributed by atoms with Crippen molar-refractivity contribution in [2.75, 3.05) is 89.5 Å². The number of carbonyl (C=O) groups is 3. The minimum Gasteiger partial charge on any atom is -0.354 e. The number of rotatable bonds is 11. The molecule has 1 fully saturated rings. The number of amides is 3. The summed E-state index contributed by atoms with van der Waals surface area (Å²) < 4.78 is 0. The van der Waals surface area contributed by atoms with E-state index in [1.54, 1.807) is 24.1 Å². The van der Waals surface area contributed by atoms with Gasteiger partial charge in [-0.25, -0.2) is 0 Å². The van der Waals surface area contributed by atoms with Crippen molar-refractivity contribution < 1.29 is 14.4 Å². The van der Waals surface area contributed by atoms with E-state index in [1.807, 2.05) is 74.8 Å². The van der Waals surface area contributed by atoms with Gasteiger partial charge in [-0.05, 0) is 76.1 Å². The van der Waals surface area contributed by atoms with Gasteiger partial charge in [-0.3, -0.25) is 19.3 Å². The largest absolute Gasteiger partial charge is 0.354 e. The Bertz CT molecular complexity index is 1550. The molecule has 0 aliphatic carbocycles. The van der Waals surface area contributed by atoms with Crippen molar-refractivity contribution in [1.82, 2.24) is 20.0 Å². The maximum atomic E-state index is 13.4. The van der Waals surface area contributed by atoms with Crippen LogP contribution in [0.3, 0.4) is 0 Å². The normalized spacial score (nSPS) is 16.2. The van der Waals surface area contributed by atoms with E-state index in [-0.39, 0.29) is 17.7 Å². The topological polar surface area (TPSA) is 100 Å². The smallest absolute Gasteiger partial charge is 0.258 e. The van der Waals surface area contributed by atoms with Crippen LogP contribution in [0.2, 0.25) is 0 Å². The molecule has 0 bridgehead atoms. The van der Waals surface area contributed by atoms with Crippen molar-refractivity contribution in [3.63, 3.8) is 0 Å². The second kappa shape index (κ2) is 14.5. The van der Waals surface area contributed by atoms with Crippen molar-refractivity contribution >= 4 is 46.1 Å². The van der Waals surface area contributed by atoms with Crippen LogP contribution in [0.15, 0.2) is 72.8 Å². The summed E-state index contributed by atoms with van der Waals surface area (Å²) in [6.45, 7) is 5.56. The number of hydrogen-bond donors (Lipinski definition) is 3. The van der Waals surface area contributed by atoms with Crippen molar-refractivity contribution in [2.45, 2.75) is 6.42 Å². The van der Waals surface area contributed by atoms with Gasteiger partial charge in [0, 0.05) is 68.0 Å². The molecular weight excluding hydrogens is 566 g/mol.